The molecule has 1 aliphatic rings. The van der Waals surface area contributed by atoms with Gasteiger partial charge in [-0.2, -0.15) is 0 Å². The number of thioether (sulfide) groups is 1. The quantitative estimate of drug-likeness (QED) is 0.826. The lowest BCUT2D eigenvalue weighted by atomic mass is 10.0. The van der Waals surface area contributed by atoms with E-state index in [0.29, 0.717) is 6.04 Å². The van der Waals surface area contributed by atoms with E-state index in [1.807, 2.05) is 11.8 Å². The van der Waals surface area contributed by atoms with Gasteiger partial charge in [-0.05, 0) is 37.3 Å². The summed E-state index contributed by atoms with van der Waals surface area (Å²) in [4.78, 5) is 6.16. The van der Waals surface area contributed by atoms with Crippen LogP contribution < -0.4 is 5.32 Å². The molecule has 1 aliphatic heterocycles. The minimum atomic E-state index is 0.462. The third-order valence-corrected chi connectivity index (χ3v) is 5.41. The van der Waals surface area contributed by atoms with Crippen molar-refractivity contribution >= 4 is 23.1 Å². The van der Waals surface area contributed by atoms with Crippen LogP contribution in [0.5, 0.6) is 0 Å². The van der Waals surface area contributed by atoms with Crippen LogP contribution in [0.2, 0.25) is 0 Å². The first-order valence-corrected chi connectivity index (χ1v) is 9.15. The van der Waals surface area contributed by atoms with Crippen LogP contribution in [-0.2, 0) is 0 Å². The van der Waals surface area contributed by atoms with Crippen LogP contribution >= 0.6 is 23.1 Å². The predicted octanol–water partition coefficient (Wildman–Crippen LogP) is 4.74. The third-order valence-electron chi connectivity index (χ3n) is 3.60. The Morgan fingerprint density at radius 2 is 2.15 bits per heavy atom. The van der Waals surface area contributed by atoms with Gasteiger partial charge in [0.05, 0.1) is 11.7 Å². The molecule has 0 aliphatic carbocycles. The lowest BCUT2D eigenvalue weighted by molar-refractivity contribution is 0.407. The first-order chi connectivity index (χ1) is 9.86. The third kappa shape index (κ3) is 3.25. The van der Waals surface area contributed by atoms with Crippen LogP contribution in [0.1, 0.15) is 37.9 Å². The van der Waals surface area contributed by atoms with Crippen molar-refractivity contribution in [3.63, 3.8) is 0 Å². The zero-order valence-corrected chi connectivity index (χ0v) is 13.4. The summed E-state index contributed by atoms with van der Waals surface area (Å²) >= 11 is 3.64. The smallest absolute Gasteiger partial charge is 0.123 e. The second kappa shape index (κ2) is 6.74. The number of rotatable bonds is 4. The minimum absolute atomic E-state index is 0.462. The molecule has 1 aromatic heterocycles. The molecule has 106 valence electrons. The van der Waals surface area contributed by atoms with Crippen molar-refractivity contribution in [2.45, 2.75) is 37.1 Å². The Bertz CT molecular complexity index is 542. The fourth-order valence-electron chi connectivity index (χ4n) is 2.54. The average molecular weight is 304 g/mol. The van der Waals surface area contributed by atoms with Crippen molar-refractivity contribution in [3.05, 3.63) is 35.3 Å². The van der Waals surface area contributed by atoms with E-state index >= 15 is 0 Å². The normalized spacial score (nSPS) is 19.1. The Balaban J connectivity index is 1.75. The lowest BCUT2D eigenvalue weighted by Crippen LogP contribution is -2.26. The molecule has 1 aromatic carbocycles. The molecule has 1 atom stereocenters. The summed E-state index contributed by atoms with van der Waals surface area (Å²) in [5, 5.41) is 6.92. The zero-order chi connectivity index (χ0) is 13.8. The van der Waals surface area contributed by atoms with Gasteiger partial charge >= 0.3 is 0 Å². The van der Waals surface area contributed by atoms with Crippen LogP contribution in [0.3, 0.4) is 0 Å². The summed E-state index contributed by atoms with van der Waals surface area (Å²) in [5.41, 5.74) is 2.45. The molecular weight excluding hydrogens is 284 g/mol. The molecule has 1 fully saturated rings. The lowest BCUT2D eigenvalue weighted by Gasteiger charge is -2.21. The molecule has 1 N–H and O–H groups in total. The summed E-state index contributed by atoms with van der Waals surface area (Å²) in [6.07, 6.45) is 3.83. The highest BCUT2D eigenvalue weighted by Gasteiger charge is 2.17. The van der Waals surface area contributed by atoms with Gasteiger partial charge in [-0.25, -0.2) is 4.98 Å². The number of nitrogens with zero attached hydrogens (tertiary/aromatic N) is 1. The van der Waals surface area contributed by atoms with Crippen LogP contribution in [0.4, 0.5) is 0 Å². The summed E-state index contributed by atoms with van der Waals surface area (Å²) in [7, 11) is 0. The van der Waals surface area contributed by atoms with Gasteiger partial charge < -0.3 is 5.32 Å². The average Bonchev–Trinajstić information content (AvgIpc) is 2.99. The molecule has 0 saturated carbocycles. The van der Waals surface area contributed by atoms with E-state index in [2.05, 4.69) is 41.9 Å². The fourth-order valence-corrected chi connectivity index (χ4v) is 4.08. The molecule has 2 aromatic rings. The van der Waals surface area contributed by atoms with Crippen molar-refractivity contribution in [1.29, 1.82) is 0 Å². The molecule has 0 spiro atoms. The van der Waals surface area contributed by atoms with Crippen molar-refractivity contribution in [2.24, 2.45) is 0 Å². The largest absolute Gasteiger partial charge is 0.309 e. The van der Waals surface area contributed by atoms with Crippen LogP contribution in [-0.4, -0.2) is 17.3 Å². The summed E-state index contributed by atoms with van der Waals surface area (Å²) in [6.45, 7) is 3.31. The predicted molar refractivity (Wildman–Crippen MR) is 88.5 cm³/mol. The summed E-state index contributed by atoms with van der Waals surface area (Å²) < 4.78 is 0. The number of piperidine rings is 1. The molecule has 2 nitrogen and oxygen atoms in total. The van der Waals surface area contributed by atoms with E-state index in [4.69, 9.17) is 4.98 Å². The summed E-state index contributed by atoms with van der Waals surface area (Å²) in [6, 6.07) is 9.24. The number of hydrogen-bond donors (Lipinski definition) is 1. The molecule has 4 heteroatoms. The maximum Gasteiger partial charge on any atom is 0.123 e. The van der Waals surface area contributed by atoms with Crippen molar-refractivity contribution in [1.82, 2.24) is 10.3 Å². The number of hydrogen-bond acceptors (Lipinski definition) is 4. The van der Waals surface area contributed by atoms with Crippen LogP contribution in [0.25, 0.3) is 10.6 Å². The van der Waals surface area contributed by atoms with Gasteiger partial charge in [-0.15, -0.1) is 23.1 Å². The Labute approximate surface area is 129 Å². The van der Waals surface area contributed by atoms with E-state index in [-0.39, 0.29) is 0 Å². The highest BCUT2D eigenvalue weighted by Crippen LogP contribution is 2.30. The Hall–Kier alpha value is -0.840. The van der Waals surface area contributed by atoms with Crippen molar-refractivity contribution in [2.75, 3.05) is 12.3 Å². The second-order valence-corrected chi connectivity index (χ2v) is 7.23. The molecular formula is C16H20N2S2. The second-order valence-electron chi connectivity index (χ2n) is 5.04. The van der Waals surface area contributed by atoms with Crippen molar-refractivity contribution in [3.8, 4) is 10.6 Å². The fraction of sp³-hybridized carbons (Fsp3) is 0.438. The van der Waals surface area contributed by atoms with E-state index in [0.717, 1.165) is 17.3 Å². The number of nitrogens with one attached hydrogen (secondary N) is 1. The zero-order valence-electron chi connectivity index (χ0n) is 11.8. The Morgan fingerprint density at radius 1 is 1.30 bits per heavy atom. The monoisotopic (exact) mass is 304 g/mol. The van der Waals surface area contributed by atoms with E-state index < -0.39 is 0 Å². The minimum Gasteiger partial charge on any atom is -0.309 e. The standard InChI is InChI=1S/C16H20N2S2/c1-2-19-13-8-6-12(7-9-13)16-18-15(11-20-16)14-5-3-4-10-17-14/h6-9,11,14,17H,2-5,10H2,1H3. The molecule has 0 amide bonds. The molecule has 1 saturated heterocycles. The maximum atomic E-state index is 4.83. The molecule has 0 bridgehead atoms. The van der Waals surface area contributed by atoms with E-state index in [1.165, 1.54) is 35.4 Å². The first-order valence-electron chi connectivity index (χ1n) is 7.29. The molecule has 0 radical (unpaired) electrons. The van der Waals surface area contributed by atoms with Crippen LogP contribution in [0, 0.1) is 0 Å². The highest BCUT2D eigenvalue weighted by atomic mass is 32.2. The maximum absolute atomic E-state index is 4.83. The molecule has 2 heterocycles. The number of aromatic nitrogens is 1. The van der Waals surface area contributed by atoms with E-state index in [9.17, 15) is 0 Å². The topological polar surface area (TPSA) is 24.9 Å². The van der Waals surface area contributed by atoms with Gasteiger partial charge in [0, 0.05) is 15.8 Å². The van der Waals surface area contributed by atoms with Gasteiger partial charge in [-0.1, -0.05) is 25.5 Å². The number of benzene rings is 1. The first kappa shape index (κ1) is 14.1. The van der Waals surface area contributed by atoms with Crippen LogP contribution in [0.15, 0.2) is 34.5 Å². The van der Waals surface area contributed by atoms with Gasteiger partial charge in [-0.3, -0.25) is 0 Å². The van der Waals surface area contributed by atoms with Gasteiger partial charge in [0.15, 0.2) is 0 Å². The van der Waals surface area contributed by atoms with Crippen molar-refractivity contribution < 1.29 is 0 Å². The van der Waals surface area contributed by atoms with Gasteiger partial charge in [0.25, 0.3) is 0 Å². The van der Waals surface area contributed by atoms with E-state index in [1.54, 1.807) is 11.3 Å². The van der Waals surface area contributed by atoms with Gasteiger partial charge in [0.1, 0.15) is 5.01 Å². The molecule has 3 rings (SSSR count). The Kier molecular flexibility index (Phi) is 4.76. The van der Waals surface area contributed by atoms with Gasteiger partial charge in [0.2, 0.25) is 0 Å². The number of thiazole rings is 1. The SMILES string of the molecule is CCSc1ccc(-c2nc(C3CCCCN3)cs2)cc1. The summed E-state index contributed by atoms with van der Waals surface area (Å²) in [5.74, 6) is 1.12. The Morgan fingerprint density at radius 3 is 2.85 bits per heavy atom. The molecule has 1 unspecified atom stereocenters. The molecule has 20 heavy (non-hydrogen) atoms. The highest BCUT2D eigenvalue weighted by molar-refractivity contribution is 7.99.